The summed E-state index contributed by atoms with van der Waals surface area (Å²) in [6.07, 6.45) is 4.30. The Morgan fingerprint density at radius 2 is 1.72 bits per heavy atom. The number of nitrogens with zero attached hydrogens (tertiary/aromatic N) is 1. The minimum absolute atomic E-state index is 0.0124. The molecule has 0 saturated heterocycles. The number of hydrogen-bond acceptors (Lipinski definition) is 12. The molecule has 4 aromatic carbocycles. The first-order valence-corrected chi connectivity index (χ1v) is 25.6. The van der Waals surface area contributed by atoms with E-state index >= 15 is 0 Å². The van der Waals surface area contributed by atoms with Gasteiger partial charge in [-0.05, 0) is 98.5 Å². The van der Waals surface area contributed by atoms with Gasteiger partial charge < -0.3 is 46.0 Å². The van der Waals surface area contributed by atoms with Crippen LogP contribution in [0.1, 0.15) is 84.4 Å². The van der Waals surface area contributed by atoms with Gasteiger partial charge in [-0.3, -0.25) is 19.4 Å². The molecule has 15 nitrogen and oxygen atoms in total. The van der Waals surface area contributed by atoms with Crippen LogP contribution in [0.3, 0.4) is 0 Å². The highest BCUT2D eigenvalue weighted by molar-refractivity contribution is 7.91. The van der Waals surface area contributed by atoms with Crippen LogP contribution in [0.4, 0.5) is 17.1 Å². The van der Waals surface area contributed by atoms with E-state index in [0.717, 1.165) is 25.7 Å². The lowest BCUT2D eigenvalue weighted by Gasteiger charge is -2.40. The van der Waals surface area contributed by atoms with Gasteiger partial charge in [-0.15, -0.1) is 0 Å². The monoisotopic (exact) mass is 910 g/mol. The van der Waals surface area contributed by atoms with E-state index in [0.29, 0.717) is 70.2 Å². The Morgan fingerprint density at radius 3 is 2.44 bits per heavy atom. The number of sulfone groups is 1. The summed E-state index contributed by atoms with van der Waals surface area (Å²) in [7, 11) is -4.87. The Balaban J connectivity index is 1.05. The molecule has 3 amide bonds. The Labute approximate surface area is 375 Å². The molecule has 1 aliphatic heterocycles. The van der Waals surface area contributed by atoms with Crippen LogP contribution in [-0.2, 0) is 19.1 Å². The molecule has 17 heteroatoms. The fraction of sp³-hybridized carbons (Fsp3) is 0.362. The zero-order valence-corrected chi connectivity index (χ0v) is 39.2. The van der Waals surface area contributed by atoms with Gasteiger partial charge in [-0.1, -0.05) is 45.7 Å². The standard InChI is InChI=1S/C47H58N6O9SSi/c1-29-20-35(25-37-42(29)51-26-38(45(48)56)43(37)52-31-15-13-16-33(22-31)60-5)63(58,59)34-17-12-14-30(21-34)46(57)50-19-11-9-8-10-18-49-27-40(62-64(6,7)47(2,3)4)36-23-32(54)24-39-44(36)61-28-41(55)53-39/h12-17,20-26,40,49,54H,8-11,18-19,27-28H2,1-7H3,(H2,48,56)(H,50,57)(H,51,52)(H,53,55)/t40-/m0/s1. The molecule has 1 aliphatic rings. The Bertz CT molecular complexity index is 2670. The Kier molecular flexibility index (Phi) is 14.7. The van der Waals surface area contributed by atoms with E-state index in [-0.39, 0.29) is 50.1 Å². The number of ether oxygens (including phenoxy) is 2. The molecule has 0 saturated carbocycles. The second-order valence-corrected chi connectivity index (χ2v) is 24.1. The first-order chi connectivity index (χ1) is 30.3. The van der Waals surface area contributed by atoms with Crippen LogP contribution in [0.2, 0.25) is 18.1 Å². The number of unbranched alkanes of at least 4 members (excludes halogenated alkanes) is 3. The number of phenols is 1. The van der Waals surface area contributed by atoms with Crippen LogP contribution in [0.25, 0.3) is 10.9 Å². The molecule has 2 heterocycles. The van der Waals surface area contributed by atoms with Crippen molar-refractivity contribution in [3.05, 3.63) is 101 Å². The lowest BCUT2D eigenvalue weighted by molar-refractivity contribution is -0.118. The van der Waals surface area contributed by atoms with E-state index in [1.807, 2.05) is 0 Å². The van der Waals surface area contributed by atoms with Gasteiger partial charge in [0.05, 0.1) is 45.5 Å². The van der Waals surface area contributed by atoms with Crippen LogP contribution in [-0.4, -0.2) is 77.9 Å². The molecule has 0 spiro atoms. The summed E-state index contributed by atoms with van der Waals surface area (Å²) in [6, 6.07) is 19.1. The smallest absolute Gasteiger partial charge is 0.262 e. The van der Waals surface area contributed by atoms with Crippen molar-refractivity contribution in [1.82, 2.24) is 15.6 Å². The van der Waals surface area contributed by atoms with Gasteiger partial charge in [0.1, 0.15) is 17.2 Å². The van der Waals surface area contributed by atoms with Crippen molar-refractivity contribution in [1.29, 1.82) is 0 Å². The van der Waals surface area contributed by atoms with Crippen LogP contribution < -0.4 is 36.5 Å². The quantitative estimate of drug-likeness (QED) is 0.0344. The number of methoxy groups -OCH3 is 1. The normalized spacial score (nSPS) is 13.4. The van der Waals surface area contributed by atoms with Gasteiger partial charge in [0.15, 0.2) is 14.9 Å². The minimum Gasteiger partial charge on any atom is -0.508 e. The van der Waals surface area contributed by atoms with Gasteiger partial charge in [0, 0.05) is 53.6 Å². The van der Waals surface area contributed by atoms with E-state index in [9.17, 15) is 27.9 Å². The first kappa shape index (κ1) is 47.5. The fourth-order valence-corrected chi connectivity index (χ4v) is 9.87. The van der Waals surface area contributed by atoms with Crippen molar-refractivity contribution in [2.75, 3.05) is 44.0 Å². The van der Waals surface area contributed by atoms with E-state index in [2.05, 4.69) is 60.1 Å². The molecule has 5 aromatic rings. The number of anilines is 3. The summed E-state index contributed by atoms with van der Waals surface area (Å²) in [5.74, 6) is -0.322. The number of pyridine rings is 1. The van der Waals surface area contributed by atoms with E-state index in [1.165, 1.54) is 49.7 Å². The maximum Gasteiger partial charge on any atom is 0.262 e. The fourth-order valence-electron chi connectivity index (χ4n) is 7.18. The number of nitrogens with two attached hydrogens (primary N) is 1. The average molecular weight is 911 g/mol. The van der Waals surface area contributed by atoms with Crippen LogP contribution >= 0.6 is 0 Å². The summed E-state index contributed by atoms with van der Waals surface area (Å²) in [4.78, 5) is 42.2. The second kappa shape index (κ2) is 19.8. The minimum atomic E-state index is -4.14. The van der Waals surface area contributed by atoms with Crippen molar-refractivity contribution in [3.8, 4) is 17.2 Å². The second-order valence-electron chi connectivity index (χ2n) is 17.4. The average Bonchev–Trinajstić information content (AvgIpc) is 3.24. The highest BCUT2D eigenvalue weighted by Crippen LogP contribution is 2.44. The zero-order valence-electron chi connectivity index (χ0n) is 37.4. The predicted octanol–water partition coefficient (Wildman–Crippen LogP) is 7.91. The van der Waals surface area contributed by atoms with Crippen molar-refractivity contribution < 1.29 is 41.8 Å². The number of aromatic hydroxyl groups is 1. The summed E-state index contributed by atoms with van der Waals surface area (Å²) < 4.78 is 46.3. The number of aryl methyl sites for hydroxylation is 1. The number of rotatable bonds is 19. The maximum atomic E-state index is 14.2. The molecule has 6 rings (SSSR count). The number of fused-ring (bicyclic) bond motifs is 2. The third-order valence-corrected chi connectivity index (χ3v) is 17.9. The number of hydrogen-bond donors (Lipinski definition) is 6. The molecule has 340 valence electrons. The highest BCUT2D eigenvalue weighted by atomic mass is 32.2. The molecule has 0 radical (unpaired) electrons. The Morgan fingerprint density at radius 1 is 0.984 bits per heavy atom. The van der Waals surface area contributed by atoms with Crippen molar-refractivity contribution >= 4 is 63.8 Å². The van der Waals surface area contributed by atoms with Gasteiger partial charge in [-0.2, -0.15) is 0 Å². The number of amides is 3. The predicted molar refractivity (Wildman–Crippen MR) is 250 cm³/mol. The van der Waals surface area contributed by atoms with E-state index in [4.69, 9.17) is 19.6 Å². The van der Waals surface area contributed by atoms with Gasteiger partial charge >= 0.3 is 0 Å². The van der Waals surface area contributed by atoms with E-state index < -0.39 is 30.2 Å². The summed E-state index contributed by atoms with van der Waals surface area (Å²) in [6.45, 7) is 14.1. The lowest BCUT2D eigenvalue weighted by atomic mass is 10.0. The molecule has 64 heavy (non-hydrogen) atoms. The molecule has 1 aromatic heterocycles. The van der Waals surface area contributed by atoms with Crippen molar-refractivity contribution in [2.45, 2.75) is 87.4 Å². The lowest BCUT2D eigenvalue weighted by Crippen LogP contribution is -2.43. The van der Waals surface area contributed by atoms with Gasteiger partial charge in [-0.25, -0.2) is 8.42 Å². The van der Waals surface area contributed by atoms with Crippen molar-refractivity contribution in [2.24, 2.45) is 5.73 Å². The number of carbonyl (C=O) groups is 3. The molecule has 0 bridgehead atoms. The SMILES string of the molecule is COc1cccc(Nc2c(C(N)=O)cnc3c(C)cc(S(=O)(=O)c4cccc(C(=O)NCCCCCCNC[C@H](O[Si](C)(C)C(C)(C)C)c5cc(O)cc6c5OCC(=O)N6)c4)cc23)c1. The summed E-state index contributed by atoms with van der Waals surface area (Å²) in [5.41, 5.74) is 9.05. The first-order valence-electron chi connectivity index (χ1n) is 21.2. The number of aromatic nitrogens is 1. The molecular formula is C47H58N6O9SSi. The zero-order chi connectivity index (χ0) is 46.4. The number of benzene rings is 4. The maximum absolute atomic E-state index is 14.2. The molecule has 7 N–H and O–H groups in total. The largest absolute Gasteiger partial charge is 0.508 e. The van der Waals surface area contributed by atoms with Crippen LogP contribution in [0, 0.1) is 6.92 Å². The number of nitrogens with one attached hydrogen (secondary N) is 4. The summed E-state index contributed by atoms with van der Waals surface area (Å²) in [5, 5.41) is 23.3. The molecule has 0 unspecified atom stereocenters. The molecule has 0 fully saturated rings. The van der Waals surface area contributed by atoms with E-state index in [1.54, 1.807) is 43.3 Å². The third-order valence-electron chi connectivity index (χ3n) is 11.7. The summed E-state index contributed by atoms with van der Waals surface area (Å²) >= 11 is 0. The molecule has 0 aliphatic carbocycles. The molecular weight excluding hydrogens is 853 g/mol. The Hall–Kier alpha value is -6.01. The highest BCUT2D eigenvalue weighted by Gasteiger charge is 2.40. The van der Waals surface area contributed by atoms with Crippen LogP contribution in [0.5, 0.6) is 17.2 Å². The third kappa shape index (κ3) is 11.0. The molecule has 1 atom stereocenters. The van der Waals surface area contributed by atoms with Crippen molar-refractivity contribution in [3.63, 3.8) is 0 Å². The topological polar surface area (TPSA) is 220 Å². The van der Waals surface area contributed by atoms with Gasteiger partial charge in [0.2, 0.25) is 9.84 Å². The number of phenolic OH excluding ortho intramolecular Hbond substituents is 1. The van der Waals surface area contributed by atoms with Crippen LogP contribution in [0.15, 0.2) is 88.8 Å². The van der Waals surface area contributed by atoms with Gasteiger partial charge in [0.25, 0.3) is 17.7 Å². The number of carbonyl (C=O) groups excluding carboxylic acids is 3. The number of primary amides is 1.